The van der Waals surface area contributed by atoms with Crippen molar-refractivity contribution in [2.45, 2.75) is 6.92 Å². The van der Waals surface area contributed by atoms with Gasteiger partial charge in [0, 0.05) is 0 Å². The number of ether oxygens (including phenoxy) is 2. The molecule has 0 saturated heterocycles. The normalized spacial score (nSPS) is 10.1. The zero-order valence-corrected chi connectivity index (χ0v) is 13.2. The van der Waals surface area contributed by atoms with Crippen molar-refractivity contribution in [1.82, 2.24) is 0 Å². The molecule has 0 N–H and O–H groups in total. The van der Waals surface area contributed by atoms with Crippen LogP contribution in [0.3, 0.4) is 0 Å². The molecule has 0 spiro atoms. The maximum atomic E-state index is 13.0. The second kappa shape index (κ2) is 7.17. The largest absolute Gasteiger partial charge is 0.462 e. The smallest absolute Gasteiger partial charge is 0.343 e. The summed E-state index contributed by atoms with van der Waals surface area (Å²) in [7, 11) is 0. The Hall–Kier alpha value is -2.21. The quantitative estimate of drug-likeness (QED) is 0.606. The first kappa shape index (κ1) is 16.2. The minimum atomic E-state index is -0.609. The molecule has 2 rings (SSSR count). The van der Waals surface area contributed by atoms with Crippen molar-refractivity contribution in [3.05, 3.63) is 63.9 Å². The zero-order valence-electron chi connectivity index (χ0n) is 11.6. The summed E-state index contributed by atoms with van der Waals surface area (Å²) in [5, 5.41) is 0. The Morgan fingerprint density at radius 3 is 2.18 bits per heavy atom. The molecule has 0 aliphatic rings. The Morgan fingerprint density at radius 2 is 1.64 bits per heavy atom. The monoisotopic (exact) mass is 366 g/mol. The molecule has 0 fully saturated rings. The van der Waals surface area contributed by atoms with Crippen LogP contribution in [-0.2, 0) is 4.74 Å². The van der Waals surface area contributed by atoms with Gasteiger partial charge in [-0.15, -0.1) is 0 Å². The minimum Gasteiger partial charge on any atom is -0.462 e. The van der Waals surface area contributed by atoms with Crippen molar-refractivity contribution in [1.29, 1.82) is 0 Å². The van der Waals surface area contributed by atoms with Crippen molar-refractivity contribution in [2.75, 3.05) is 6.61 Å². The lowest BCUT2D eigenvalue weighted by molar-refractivity contribution is 0.0525. The number of benzene rings is 2. The molecule has 0 aliphatic carbocycles. The maximum absolute atomic E-state index is 13.0. The first-order valence-electron chi connectivity index (χ1n) is 6.45. The van der Waals surface area contributed by atoms with E-state index in [9.17, 15) is 14.0 Å². The van der Waals surface area contributed by atoms with Gasteiger partial charge >= 0.3 is 11.9 Å². The molecule has 0 aromatic heterocycles. The highest BCUT2D eigenvalue weighted by atomic mass is 79.9. The highest BCUT2D eigenvalue weighted by molar-refractivity contribution is 9.10. The van der Waals surface area contributed by atoms with Crippen molar-refractivity contribution in [3.8, 4) is 5.75 Å². The van der Waals surface area contributed by atoms with Crippen LogP contribution in [0.2, 0.25) is 0 Å². The van der Waals surface area contributed by atoms with E-state index in [-0.39, 0.29) is 17.9 Å². The highest BCUT2D eigenvalue weighted by Crippen LogP contribution is 2.26. The molecule has 6 heteroatoms. The van der Waals surface area contributed by atoms with Crippen molar-refractivity contribution >= 4 is 27.9 Å². The molecule has 0 amide bonds. The van der Waals surface area contributed by atoms with Crippen LogP contribution in [0.5, 0.6) is 5.75 Å². The Balaban J connectivity index is 2.11. The fourth-order valence-corrected chi connectivity index (χ4v) is 2.11. The topological polar surface area (TPSA) is 52.6 Å². The van der Waals surface area contributed by atoms with Gasteiger partial charge in [-0.2, -0.15) is 0 Å². The van der Waals surface area contributed by atoms with E-state index in [1.54, 1.807) is 6.92 Å². The van der Waals surface area contributed by atoms with Gasteiger partial charge in [0.05, 0.1) is 22.2 Å². The molecule has 0 aliphatic heterocycles. The maximum Gasteiger partial charge on any atom is 0.343 e. The third-order valence-corrected chi connectivity index (χ3v) is 3.35. The lowest BCUT2D eigenvalue weighted by atomic mass is 10.1. The number of rotatable bonds is 4. The zero-order chi connectivity index (χ0) is 16.1. The molecule has 0 saturated carbocycles. The van der Waals surface area contributed by atoms with E-state index in [4.69, 9.17) is 9.47 Å². The second-order valence-corrected chi connectivity index (χ2v) is 5.12. The molecule has 2 aromatic carbocycles. The van der Waals surface area contributed by atoms with Crippen molar-refractivity contribution in [2.24, 2.45) is 0 Å². The van der Waals surface area contributed by atoms with E-state index in [1.807, 2.05) is 0 Å². The molecule has 0 radical (unpaired) electrons. The molecule has 22 heavy (non-hydrogen) atoms. The first-order chi connectivity index (χ1) is 10.5. The van der Waals surface area contributed by atoms with Gasteiger partial charge in [-0.05, 0) is 65.3 Å². The summed E-state index contributed by atoms with van der Waals surface area (Å²) in [6.07, 6.45) is 0. The summed E-state index contributed by atoms with van der Waals surface area (Å²) < 4.78 is 23.3. The van der Waals surface area contributed by atoms with E-state index in [1.165, 1.54) is 42.5 Å². The number of carbonyl (C=O) groups excluding carboxylic acids is 2. The summed E-state index contributed by atoms with van der Waals surface area (Å²) in [6.45, 7) is 1.99. The van der Waals surface area contributed by atoms with Gasteiger partial charge in [-0.1, -0.05) is 0 Å². The third-order valence-electron chi connectivity index (χ3n) is 2.73. The van der Waals surface area contributed by atoms with E-state index in [2.05, 4.69) is 15.9 Å². The predicted octanol–water partition coefficient (Wildman–Crippen LogP) is 3.98. The molecule has 0 unspecified atom stereocenters. The number of halogens is 2. The Morgan fingerprint density at radius 1 is 1.05 bits per heavy atom. The molecule has 0 bridgehead atoms. The first-order valence-corrected chi connectivity index (χ1v) is 7.25. The van der Waals surface area contributed by atoms with E-state index >= 15 is 0 Å². The summed E-state index contributed by atoms with van der Waals surface area (Å²) in [5.41, 5.74) is 0.616. The van der Waals surface area contributed by atoms with E-state index in [0.717, 1.165) is 0 Å². The average molecular weight is 367 g/mol. The molecule has 0 atom stereocenters. The van der Waals surface area contributed by atoms with Crippen LogP contribution < -0.4 is 4.74 Å². The van der Waals surface area contributed by atoms with Gasteiger partial charge < -0.3 is 9.47 Å². The van der Waals surface area contributed by atoms with Gasteiger partial charge in [0.1, 0.15) is 11.6 Å². The number of hydrogen-bond donors (Lipinski definition) is 0. The lowest BCUT2D eigenvalue weighted by Crippen LogP contribution is -2.10. The fourth-order valence-electron chi connectivity index (χ4n) is 1.67. The van der Waals surface area contributed by atoms with Crippen LogP contribution in [0.1, 0.15) is 27.6 Å². The van der Waals surface area contributed by atoms with Crippen molar-refractivity contribution < 1.29 is 23.5 Å². The highest BCUT2D eigenvalue weighted by Gasteiger charge is 2.13. The Bertz CT molecular complexity index is 698. The van der Waals surface area contributed by atoms with Crippen LogP contribution >= 0.6 is 15.9 Å². The molecular weight excluding hydrogens is 355 g/mol. The summed E-state index contributed by atoms with van der Waals surface area (Å²) in [5.74, 6) is -1.29. The lowest BCUT2D eigenvalue weighted by Gasteiger charge is -2.07. The SMILES string of the molecule is CCOC(=O)c1ccc(C(=O)Oc2ccc(F)cc2Br)cc1. The Kier molecular flexibility index (Phi) is 5.27. The van der Waals surface area contributed by atoms with Crippen LogP contribution in [0, 0.1) is 5.82 Å². The molecule has 4 nitrogen and oxygen atoms in total. The van der Waals surface area contributed by atoms with E-state index in [0.29, 0.717) is 10.0 Å². The summed E-state index contributed by atoms with van der Waals surface area (Å²) in [4.78, 5) is 23.5. The van der Waals surface area contributed by atoms with Crippen LogP contribution in [0.4, 0.5) is 4.39 Å². The Labute approximate surface area is 135 Å². The minimum absolute atomic E-state index is 0.209. The summed E-state index contributed by atoms with van der Waals surface area (Å²) >= 11 is 3.12. The molecule has 114 valence electrons. The molecular formula is C16H12BrFO4. The van der Waals surface area contributed by atoms with Gasteiger partial charge in [0.15, 0.2) is 0 Å². The molecule has 0 heterocycles. The fraction of sp³-hybridized carbons (Fsp3) is 0.125. The van der Waals surface area contributed by atoms with Gasteiger partial charge in [0.2, 0.25) is 0 Å². The van der Waals surface area contributed by atoms with E-state index < -0.39 is 17.8 Å². The number of hydrogen-bond acceptors (Lipinski definition) is 4. The summed E-state index contributed by atoms with van der Waals surface area (Å²) in [6, 6.07) is 9.63. The number of esters is 2. The standard InChI is InChI=1S/C16H12BrFO4/c1-2-21-15(19)10-3-5-11(6-4-10)16(20)22-14-8-7-12(18)9-13(14)17/h3-9H,2H2,1H3. The third kappa shape index (κ3) is 3.92. The van der Waals surface area contributed by atoms with Gasteiger partial charge in [-0.25, -0.2) is 14.0 Å². The van der Waals surface area contributed by atoms with Crippen LogP contribution in [0.15, 0.2) is 46.9 Å². The van der Waals surface area contributed by atoms with Gasteiger partial charge in [0.25, 0.3) is 0 Å². The van der Waals surface area contributed by atoms with Crippen LogP contribution in [0.25, 0.3) is 0 Å². The van der Waals surface area contributed by atoms with Crippen molar-refractivity contribution in [3.63, 3.8) is 0 Å². The average Bonchev–Trinajstić information content (AvgIpc) is 2.50. The predicted molar refractivity (Wildman–Crippen MR) is 81.5 cm³/mol. The van der Waals surface area contributed by atoms with Gasteiger partial charge in [-0.3, -0.25) is 0 Å². The molecule has 2 aromatic rings. The second-order valence-electron chi connectivity index (χ2n) is 4.26. The van der Waals surface area contributed by atoms with Crippen LogP contribution in [-0.4, -0.2) is 18.5 Å². The number of carbonyl (C=O) groups is 2.